The first-order chi connectivity index (χ1) is 7.63. The lowest BCUT2D eigenvalue weighted by Crippen LogP contribution is -2.01. The zero-order valence-electron chi connectivity index (χ0n) is 8.67. The molecule has 0 spiro atoms. The Bertz CT molecular complexity index is 394. The van der Waals surface area contributed by atoms with Gasteiger partial charge in [-0.1, -0.05) is 0 Å². The van der Waals surface area contributed by atoms with Gasteiger partial charge in [0.1, 0.15) is 0 Å². The lowest BCUT2D eigenvalue weighted by Gasteiger charge is -2.01. The Labute approximate surface area is 96.8 Å². The lowest BCUT2D eigenvalue weighted by atomic mass is 10.3. The molecule has 1 aromatic rings. The van der Waals surface area contributed by atoms with Crippen molar-refractivity contribution in [1.82, 2.24) is 4.98 Å². The molecule has 5 nitrogen and oxygen atoms in total. The summed E-state index contributed by atoms with van der Waals surface area (Å²) in [5, 5.41) is 9.34. The molecule has 0 saturated carbocycles. The highest BCUT2D eigenvalue weighted by atomic mass is 32.2. The third-order valence-corrected chi connectivity index (χ3v) is 2.69. The Kier molecular flexibility index (Phi) is 4.78. The fourth-order valence-corrected chi connectivity index (χ4v) is 1.79. The van der Waals surface area contributed by atoms with E-state index in [1.807, 2.05) is 0 Å². The van der Waals surface area contributed by atoms with E-state index in [1.165, 1.54) is 37.2 Å². The Balaban J connectivity index is 2.51. The minimum absolute atomic E-state index is 0.190. The number of pyridine rings is 1. The number of carbonyl (C=O) groups is 2. The lowest BCUT2D eigenvalue weighted by molar-refractivity contribution is -0.140. The summed E-state index contributed by atoms with van der Waals surface area (Å²) < 4.78 is 4.48. The summed E-state index contributed by atoms with van der Waals surface area (Å²) in [6, 6.07) is 2.90. The number of hydrogen-bond acceptors (Lipinski definition) is 5. The predicted molar refractivity (Wildman–Crippen MR) is 58.6 cm³/mol. The van der Waals surface area contributed by atoms with E-state index in [0.717, 1.165) is 0 Å². The van der Waals surface area contributed by atoms with Crippen molar-refractivity contribution in [2.24, 2.45) is 0 Å². The van der Waals surface area contributed by atoms with Gasteiger partial charge in [0.05, 0.1) is 24.1 Å². The standard InChI is InChI=1S/C10H11NO4S/c1-15-9(12)3-5-16-8-6-7(10(13)14)2-4-11-8/h2,4,6H,3,5H2,1H3,(H,13,14). The largest absolute Gasteiger partial charge is 0.478 e. The molecule has 0 saturated heterocycles. The van der Waals surface area contributed by atoms with Crippen LogP contribution in [0.1, 0.15) is 16.8 Å². The van der Waals surface area contributed by atoms with E-state index < -0.39 is 5.97 Å². The molecule has 0 aliphatic rings. The molecule has 0 radical (unpaired) electrons. The molecule has 0 aliphatic heterocycles. The van der Waals surface area contributed by atoms with Gasteiger partial charge in [0.15, 0.2) is 0 Å². The number of ether oxygens (including phenoxy) is 1. The normalized spacial score (nSPS) is 9.81. The van der Waals surface area contributed by atoms with Crippen molar-refractivity contribution in [1.29, 1.82) is 0 Å². The number of carboxylic acids is 1. The van der Waals surface area contributed by atoms with Crippen LogP contribution in [0.15, 0.2) is 23.4 Å². The number of thioether (sulfide) groups is 1. The Morgan fingerprint density at radius 3 is 2.94 bits per heavy atom. The van der Waals surface area contributed by atoms with Crippen LogP contribution in [-0.4, -0.2) is 34.9 Å². The number of hydrogen-bond donors (Lipinski definition) is 1. The number of carboxylic acid groups (broad SMARTS) is 1. The molecule has 6 heteroatoms. The highest BCUT2D eigenvalue weighted by Gasteiger charge is 2.05. The summed E-state index contributed by atoms with van der Waals surface area (Å²) in [5.41, 5.74) is 0.190. The molecular weight excluding hydrogens is 230 g/mol. The van der Waals surface area contributed by atoms with Gasteiger partial charge in [-0.2, -0.15) is 0 Å². The molecule has 0 aromatic carbocycles. The molecule has 86 valence electrons. The van der Waals surface area contributed by atoms with Crippen LogP contribution in [0.3, 0.4) is 0 Å². The molecule has 0 amide bonds. The van der Waals surface area contributed by atoms with Crippen molar-refractivity contribution < 1.29 is 19.4 Å². The van der Waals surface area contributed by atoms with Gasteiger partial charge in [0, 0.05) is 11.9 Å². The molecule has 0 unspecified atom stereocenters. The van der Waals surface area contributed by atoms with Crippen molar-refractivity contribution in [2.45, 2.75) is 11.4 Å². The third-order valence-electron chi connectivity index (χ3n) is 1.77. The fourth-order valence-electron chi connectivity index (χ4n) is 0.962. The van der Waals surface area contributed by atoms with Crippen molar-refractivity contribution in [2.75, 3.05) is 12.9 Å². The maximum atomic E-state index is 10.8. The number of nitrogens with zero attached hydrogens (tertiary/aromatic N) is 1. The minimum atomic E-state index is -0.989. The molecule has 0 fully saturated rings. The van der Waals surface area contributed by atoms with E-state index in [9.17, 15) is 9.59 Å². The van der Waals surface area contributed by atoms with Crippen LogP contribution in [0, 0.1) is 0 Å². The van der Waals surface area contributed by atoms with Gasteiger partial charge in [-0.05, 0) is 12.1 Å². The zero-order valence-corrected chi connectivity index (χ0v) is 9.49. The Hall–Kier alpha value is -1.56. The van der Waals surface area contributed by atoms with Crippen molar-refractivity contribution in [3.63, 3.8) is 0 Å². The minimum Gasteiger partial charge on any atom is -0.478 e. The van der Waals surface area contributed by atoms with E-state index >= 15 is 0 Å². The quantitative estimate of drug-likeness (QED) is 0.621. The van der Waals surface area contributed by atoms with Crippen LogP contribution in [0.5, 0.6) is 0 Å². The summed E-state index contributed by atoms with van der Waals surface area (Å²) >= 11 is 1.32. The first-order valence-corrected chi connectivity index (χ1v) is 5.51. The van der Waals surface area contributed by atoms with E-state index in [0.29, 0.717) is 10.8 Å². The van der Waals surface area contributed by atoms with Gasteiger partial charge < -0.3 is 9.84 Å². The van der Waals surface area contributed by atoms with Gasteiger partial charge in [-0.25, -0.2) is 9.78 Å². The second-order valence-electron chi connectivity index (χ2n) is 2.86. The van der Waals surface area contributed by atoms with Crippen LogP contribution >= 0.6 is 11.8 Å². The van der Waals surface area contributed by atoms with Crippen LogP contribution in [0.4, 0.5) is 0 Å². The van der Waals surface area contributed by atoms with E-state index in [2.05, 4.69) is 9.72 Å². The molecule has 1 heterocycles. The summed E-state index contributed by atoms with van der Waals surface area (Å²) in [7, 11) is 1.33. The Morgan fingerprint density at radius 2 is 2.31 bits per heavy atom. The summed E-state index contributed by atoms with van der Waals surface area (Å²) in [6.45, 7) is 0. The van der Waals surface area contributed by atoms with Gasteiger partial charge in [0.25, 0.3) is 0 Å². The van der Waals surface area contributed by atoms with E-state index in [4.69, 9.17) is 5.11 Å². The van der Waals surface area contributed by atoms with Crippen LogP contribution in [-0.2, 0) is 9.53 Å². The topological polar surface area (TPSA) is 76.5 Å². The second-order valence-corrected chi connectivity index (χ2v) is 3.98. The molecule has 1 N–H and O–H groups in total. The zero-order chi connectivity index (χ0) is 12.0. The van der Waals surface area contributed by atoms with Crippen LogP contribution < -0.4 is 0 Å². The SMILES string of the molecule is COC(=O)CCSc1cc(C(=O)O)ccn1. The molecule has 1 rings (SSSR count). The molecule has 0 aliphatic carbocycles. The number of rotatable bonds is 5. The first kappa shape index (κ1) is 12.5. The van der Waals surface area contributed by atoms with Gasteiger partial charge in [-0.15, -0.1) is 11.8 Å². The van der Waals surface area contributed by atoms with Crippen LogP contribution in [0.25, 0.3) is 0 Å². The maximum absolute atomic E-state index is 10.8. The second kappa shape index (κ2) is 6.12. The number of methoxy groups -OCH3 is 1. The summed E-state index contributed by atoms with van der Waals surface area (Å²) in [4.78, 5) is 25.5. The van der Waals surface area contributed by atoms with Crippen molar-refractivity contribution in [3.05, 3.63) is 23.9 Å². The monoisotopic (exact) mass is 241 g/mol. The van der Waals surface area contributed by atoms with Crippen molar-refractivity contribution in [3.8, 4) is 0 Å². The fraction of sp³-hybridized carbons (Fsp3) is 0.300. The average Bonchev–Trinajstić information content (AvgIpc) is 2.29. The van der Waals surface area contributed by atoms with E-state index in [1.54, 1.807) is 0 Å². The van der Waals surface area contributed by atoms with E-state index in [-0.39, 0.29) is 18.0 Å². The highest BCUT2D eigenvalue weighted by molar-refractivity contribution is 7.99. The summed E-state index contributed by atoms with van der Waals surface area (Å²) in [5.74, 6) is -0.762. The third kappa shape index (κ3) is 3.90. The van der Waals surface area contributed by atoms with Crippen LogP contribution in [0.2, 0.25) is 0 Å². The molecular formula is C10H11NO4S. The average molecular weight is 241 g/mol. The van der Waals surface area contributed by atoms with Crippen molar-refractivity contribution >= 4 is 23.7 Å². The predicted octanol–water partition coefficient (Wildman–Crippen LogP) is 1.43. The smallest absolute Gasteiger partial charge is 0.335 e. The number of aromatic carboxylic acids is 1. The molecule has 0 bridgehead atoms. The summed E-state index contributed by atoms with van der Waals surface area (Å²) in [6.07, 6.45) is 1.71. The first-order valence-electron chi connectivity index (χ1n) is 4.52. The van der Waals surface area contributed by atoms with Gasteiger partial charge >= 0.3 is 11.9 Å². The molecule has 1 aromatic heterocycles. The van der Waals surface area contributed by atoms with Gasteiger partial charge in [-0.3, -0.25) is 4.79 Å². The Morgan fingerprint density at radius 1 is 1.56 bits per heavy atom. The molecule has 16 heavy (non-hydrogen) atoms. The van der Waals surface area contributed by atoms with Gasteiger partial charge in [0.2, 0.25) is 0 Å². The number of carbonyl (C=O) groups excluding carboxylic acids is 1. The highest BCUT2D eigenvalue weighted by Crippen LogP contribution is 2.17. The number of aromatic nitrogens is 1. The number of esters is 1. The maximum Gasteiger partial charge on any atom is 0.335 e. The molecule has 0 atom stereocenters.